The van der Waals surface area contributed by atoms with Crippen LogP contribution < -0.4 is 31.4 Å². The van der Waals surface area contributed by atoms with Crippen LogP contribution in [0.4, 0.5) is 17.3 Å². The fourth-order valence-corrected chi connectivity index (χ4v) is 2.93. The standard InChI is InChI=1S/C19H17BrN6O3/c20-13-4-2-12(3-5-13)19(27)26-25-18-16(21)17(23-9-24-18)22-8-11-1-6-14-15(7-11)29-10-28-14/h1-7,9H,8,10,21H2,(H,26,27)(H2,22,23,24,25). The first-order valence-corrected chi connectivity index (χ1v) is 9.44. The molecular weight excluding hydrogens is 440 g/mol. The molecule has 5 N–H and O–H groups in total. The molecule has 1 aliphatic rings. The average Bonchev–Trinajstić information content (AvgIpc) is 3.20. The molecule has 0 atom stereocenters. The lowest BCUT2D eigenvalue weighted by Gasteiger charge is -2.13. The first kappa shape index (κ1) is 18.8. The van der Waals surface area contributed by atoms with Crippen LogP contribution in [0, 0.1) is 0 Å². The summed E-state index contributed by atoms with van der Waals surface area (Å²) in [5.41, 5.74) is 13.2. The van der Waals surface area contributed by atoms with Gasteiger partial charge < -0.3 is 20.5 Å². The largest absolute Gasteiger partial charge is 0.454 e. The minimum Gasteiger partial charge on any atom is -0.454 e. The molecule has 2 aromatic carbocycles. The SMILES string of the molecule is Nc1c(NCc2ccc3c(c2)OCO3)ncnc1NNC(=O)c1ccc(Br)cc1. The summed E-state index contributed by atoms with van der Waals surface area (Å²) in [6.07, 6.45) is 1.35. The Bertz CT molecular complexity index is 1040. The van der Waals surface area contributed by atoms with Gasteiger partial charge in [0.25, 0.3) is 5.91 Å². The number of rotatable bonds is 6. The number of anilines is 3. The van der Waals surface area contributed by atoms with Gasteiger partial charge in [-0.2, -0.15) is 0 Å². The number of nitrogens with two attached hydrogens (primary N) is 1. The van der Waals surface area contributed by atoms with Crippen molar-refractivity contribution in [2.45, 2.75) is 6.54 Å². The summed E-state index contributed by atoms with van der Waals surface area (Å²) in [5, 5.41) is 3.16. The molecule has 0 radical (unpaired) electrons. The van der Waals surface area contributed by atoms with E-state index in [0.29, 0.717) is 29.5 Å². The van der Waals surface area contributed by atoms with Crippen molar-refractivity contribution < 1.29 is 14.3 Å². The normalized spacial score (nSPS) is 11.8. The molecule has 3 aromatic rings. The second-order valence-electron chi connectivity index (χ2n) is 6.11. The summed E-state index contributed by atoms with van der Waals surface area (Å²) in [6.45, 7) is 0.703. The number of aromatic nitrogens is 2. The van der Waals surface area contributed by atoms with Crippen molar-refractivity contribution >= 4 is 39.2 Å². The molecule has 0 saturated carbocycles. The second kappa shape index (κ2) is 8.23. The number of carbonyl (C=O) groups is 1. The third-order valence-electron chi connectivity index (χ3n) is 4.18. The van der Waals surface area contributed by atoms with Gasteiger partial charge in [0.1, 0.15) is 12.0 Å². The van der Waals surface area contributed by atoms with Crippen LogP contribution in [-0.2, 0) is 6.54 Å². The quantitative estimate of drug-likeness (QED) is 0.417. The molecule has 29 heavy (non-hydrogen) atoms. The van der Waals surface area contributed by atoms with E-state index in [1.807, 2.05) is 18.2 Å². The summed E-state index contributed by atoms with van der Waals surface area (Å²) < 4.78 is 11.6. The van der Waals surface area contributed by atoms with Gasteiger partial charge in [0.15, 0.2) is 23.1 Å². The zero-order chi connectivity index (χ0) is 20.2. The van der Waals surface area contributed by atoms with Gasteiger partial charge in [0.2, 0.25) is 6.79 Å². The fraction of sp³-hybridized carbons (Fsp3) is 0.105. The maximum absolute atomic E-state index is 12.2. The molecule has 4 rings (SSSR count). The van der Waals surface area contributed by atoms with Gasteiger partial charge in [-0.15, -0.1) is 0 Å². The highest BCUT2D eigenvalue weighted by molar-refractivity contribution is 9.10. The third kappa shape index (κ3) is 4.32. The van der Waals surface area contributed by atoms with Gasteiger partial charge in [0, 0.05) is 16.6 Å². The van der Waals surface area contributed by atoms with Crippen LogP contribution in [0.5, 0.6) is 11.5 Å². The van der Waals surface area contributed by atoms with E-state index in [-0.39, 0.29) is 18.4 Å². The van der Waals surface area contributed by atoms with E-state index in [1.54, 1.807) is 24.3 Å². The van der Waals surface area contributed by atoms with E-state index in [2.05, 4.69) is 42.1 Å². The van der Waals surface area contributed by atoms with Crippen molar-refractivity contribution in [3.63, 3.8) is 0 Å². The van der Waals surface area contributed by atoms with Gasteiger partial charge in [0.05, 0.1) is 0 Å². The highest BCUT2D eigenvalue weighted by atomic mass is 79.9. The number of nitrogens with zero attached hydrogens (tertiary/aromatic N) is 2. The van der Waals surface area contributed by atoms with E-state index in [9.17, 15) is 4.79 Å². The van der Waals surface area contributed by atoms with Crippen LogP contribution in [0.3, 0.4) is 0 Å². The number of amides is 1. The fourth-order valence-electron chi connectivity index (χ4n) is 2.66. The topological polar surface area (TPSA) is 123 Å². The molecule has 1 aliphatic heterocycles. The zero-order valence-electron chi connectivity index (χ0n) is 15.1. The van der Waals surface area contributed by atoms with Crippen LogP contribution in [0.1, 0.15) is 15.9 Å². The van der Waals surface area contributed by atoms with E-state index in [4.69, 9.17) is 15.2 Å². The smallest absolute Gasteiger partial charge is 0.269 e. The zero-order valence-corrected chi connectivity index (χ0v) is 16.7. The number of benzene rings is 2. The number of hydrogen-bond donors (Lipinski definition) is 4. The highest BCUT2D eigenvalue weighted by Crippen LogP contribution is 2.33. The molecule has 1 amide bonds. The van der Waals surface area contributed by atoms with Crippen molar-refractivity contribution in [2.24, 2.45) is 0 Å². The van der Waals surface area contributed by atoms with Gasteiger partial charge in [-0.3, -0.25) is 15.6 Å². The number of ether oxygens (including phenoxy) is 2. The Morgan fingerprint density at radius 3 is 2.66 bits per heavy atom. The summed E-state index contributed by atoms with van der Waals surface area (Å²) in [5.74, 6) is 1.85. The molecule has 10 heteroatoms. The van der Waals surface area contributed by atoms with Gasteiger partial charge in [-0.25, -0.2) is 9.97 Å². The lowest BCUT2D eigenvalue weighted by molar-refractivity contribution is 0.0962. The maximum Gasteiger partial charge on any atom is 0.269 e. The molecular formula is C19H17BrN6O3. The first-order valence-electron chi connectivity index (χ1n) is 8.65. The predicted molar refractivity (Wildman–Crippen MR) is 112 cm³/mol. The minimum atomic E-state index is -0.314. The molecule has 0 unspecified atom stereocenters. The molecule has 0 spiro atoms. The lowest BCUT2D eigenvalue weighted by atomic mass is 10.2. The molecule has 2 heterocycles. The Morgan fingerprint density at radius 2 is 1.83 bits per heavy atom. The number of fused-ring (bicyclic) bond motifs is 1. The number of hydrazine groups is 1. The Morgan fingerprint density at radius 1 is 1.07 bits per heavy atom. The molecule has 0 saturated heterocycles. The summed E-state index contributed by atoms with van der Waals surface area (Å²) >= 11 is 3.33. The van der Waals surface area contributed by atoms with Crippen molar-refractivity contribution in [1.82, 2.24) is 15.4 Å². The molecule has 9 nitrogen and oxygen atoms in total. The third-order valence-corrected chi connectivity index (χ3v) is 4.71. The molecule has 148 valence electrons. The van der Waals surface area contributed by atoms with E-state index in [0.717, 1.165) is 15.8 Å². The number of carbonyl (C=O) groups excluding carboxylic acids is 1. The Balaban J connectivity index is 1.39. The summed E-state index contributed by atoms with van der Waals surface area (Å²) in [6, 6.07) is 12.6. The molecule has 1 aromatic heterocycles. The Hall–Kier alpha value is -3.53. The summed E-state index contributed by atoms with van der Waals surface area (Å²) in [7, 11) is 0. The van der Waals surface area contributed by atoms with Gasteiger partial charge >= 0.3 is 0 Å². The van der Waals surface area contributed by atoms with Crippen LogP contribution in [0.2, 0.25) is 0 Å². The molecule has 0 aliphatic carbocycles. The van der Waals surface area contributed by atoms with Crippen molar-refractivity contribution in [3.05, 3.63) is 64.4 Å². The van der Waals surface area contributed by atoms with Crippen molar-refractivity contribution in [1.29, 1.82) is 0 Å². The van der Waals surface area contributed by atoms with Crippen LogP contribution >= 0.6 is 15.9 Å². The second-order valence-corrected chi connectivity index (χ2v) is 7.03. The van der Waals surface area contributed by atoms with Crippen molar-refractivity contribution in [2.75, 3.05) is 23.3 Å². The van der Waals surface area contributed by atoms with Gasteiger partial charge in [-0.05, 0) is 42.0 Å². The maximum atomic E-state index is 12.2. The summed E-state index contributed by atoms with van der Waals surface area (Å²) in [4.78, 5) is 20.5. The average molecular weight is 457 g/mol. The number of nitrogens with one attached hydrogen (secondary N) is 3. The number of nitrogen functional groups attached to an aromatic ring is 1. The van der Waals surface area contributed by atoms with Crippen LogP contribution in [0.15, 0.2) is 53.3 Å². The monoisotopic (exact) mass is 456 g/mol. The number of hydrogen-bond acceptors (Lipinski definition) is 8. The van der Waals surface area contributed by atoms with E-state index in [1.165, 1.54) is 6.33 Å². The van der Waals surface area contributed by atoms with Crippen LogP contribution in [-0.4, -0.2) is 22.7 Å². The highest BCUT2D eigenvalue weighted by Gasteiger charge is 2.14. The lowest BCUT2D eigenvalue weighted by Crippen LogP contribution is -2.30. The van der Waals surface area contributed by atoms with E-state index >= 15 is 0 Å². The minimum absolute atomic E-state index is 0.228. The van der Waals surface area contributed by atoms with Gasteiger partial charge in [-0.1, -0.05) is 22.0 Å². The predicted octanol–water partition coefficient (Wildman–Crippen LogP) is 2.92. The first-order chi connectivity index (χ1) is 14.1. The van der Waals surface area contributed by atoms with E-state index < -0.39 is 0 Å². The van der Waals surface area contributed by atoms with Crippen LogP contribution in [0.25, 0.3) is 0 Å². The Kier molecular flexibility index (Phi) is 5.34. The Labute approximate surface area is 174 Å². The molecule has 0 fully saturated rings. The number of halogens is 1. The molecule has 0 bridgehead atoms. The van der Waals surface area contributed by atoms with Crippen molar-refractivity contribution in [3.8, 4) is 11.5 Å².